The normalized spacial score (nSPS) is 12.2. The van der Waals surface area contributed by atoms with E-state index in [9.17, 15) is 0 Å². The van der Waals surface area contributed by atoms with Gasteiger partial charge < -0.3 is 10.1 Å². The second kappa shape index (κ2) is 7.18. The maximum atomic E-state index is 5.90. The highest BCUT2D eigenvalue weighted by Gasteiger charge is 2.12. The van der Waals surface area contributed by atoms with Gasteiger partial charge in [-0.3, -0.25) is 0 Å². The van der Waals surface area contributed by atoms with Gasteiger partial charge in [0.05, 0.1) is 0 Å². The maximum Gasteiger partial charge on any atom is 0.322 e. The highest BCUT2D eigenvalue weighted by atomic mass is 16.5. The van der Waals surface area contributed by atoms with E-state index < -0.39 is 0 Å². The Morgan fingerprint density at radius 2 is 2.05 bits per heavy atom. The standard InChI is InChI=1S/C17H23N3O/c1-5-12(2)15-8-6-7-9-16(15)21-17-19-11-14(10-18-4)13(3)20-17/h6-9,11-12,18H,5,10H2,1-4H3. The molecule has 1 aromatic carbocycles. The molecule has 0 radical (unpaired) electrons. The number of hydrogen-bond donors (Lipinski definition) is 1. The molecular weight excluding hydrogens is 262 g/mol. The van der Waals surface area contributed by atoms with E-state index in [0.717, 1.165) is 30.0 Å². The van der Waals surface area contributed by atoms with Crippen LogP contribution in [0.4, 0.5) is 0 Å². The zero-order chi connectivity index (χ0) is 15.2. The van der Waals surface area contributed by atoms with Crippen LogP contribution in [0.15, 0.2) is 30.5 Å². The van der Waals surface area contributed by atoms with E-state index >= 15 is 0 Å². The summed E-state index contributed by atoms with van der Waals surface area (Å²) in [4.78, 5) is 8.75. The van der Waals surface area contributed by atoms with Crippen molar-refractivity contribution in [2.75, 3.05) is 7.05 Å². The Labute approximate surface area is 126 Å². The minimum absolute atomic E-state index is 0.406. The number of nitrogens with zero attached hydrogens (tertiary/aromatic N) is 2. The van der Waals surface area contributed by atoms with Gasteiger partial charge in [-0.15, -0.1) is 0 Å². The van der Waals surface area contributed by atoms with Crippen LogP contribution in [0, 0.1) is 6.92 Å². The molecule has 0 aliphatic rings. The van der Waals surface area contributed by atoms with Crippen molar-refractivity contribution in [2.24, 2.45) is 0 Å². The predicted octanol–water partition coefficient (Wildman–Crippen LogP) is 3.81. The van der Waals surface area contributed by atoms with Crippen molar-refractivity contribution >= 4 is 0 Å². The SMILES string of the molecule is CCC(C)c1ccccc1Oc1ncc(CNC)c(C)n1. The van der Waals surface area contributed by atoms with Gasteiger partial charge in [0.15, 0.2) is 0 Å². The van der Waals surface area contributed by atoms with Crippen LogP contribution in [0.25, 0.3) is 0 Å². The van der Waals surface area contributed by atoms with E-state index in [1.807, 2.05) is 38.4 Å². The molecule has 2 rings (SSSR count). The van der Waals surface area contributed by atoms with Gasteiger partial charge in [0.25, 0.3) is 0 Å². The van der Waals surface area contributed by atoms with Crippen LogP contribution in [0.2, 0.25) is 0 Å². The number of nitrogens with one attached hydrogen (secondary N) is 1. The van der Waals surface area contributed by atoms with Crippen LogP contribution in [-0.2, 0) is 6.54 Å². The number of aromatic nitrogens is 2. The zero-order valence-electron chi connectivity index (χ0n) is 13.2. The topological polar surface area (TPSA) is 47.0 Å². The molecule has 2 aromatic rings. The molecule has 1 N–H and O–H groups in total. The zero-order valence-corrected chi connectivity index (χ0v) is 13.2. The van der Waals surface area contributed by atoms with Gasteiger partial charge in [0, 0.05) is 24.0 Å². The van der Waals surface area contributed by atoms with Crippen LogP contribution in [0.1, 0.15) is 43.0 Å². The minimum Gasteiger partial charge on any atom is -0.424 e. The summed E-state index contributed by atoms with van der Waals surface area (Å²) in [5.41, 5.74) is 3.22. The molecule has 0 aliphatic heterocycles. The summed E-state index contributed by atoms with van der Waals surface area (Å²) in [5.74, 6) is 1.29. The smallest absolute Gasteiger partial charge is 0.322 e. The average molecular weight is 285 g/mol. The summed E-state index contributed by atoms with van der Waals surface area (Å²) >= 11 is 0. The second-order valence-corrected chi connectivity index (χ2v) is 5.24. The average Bonchev–Trinajstić information content (AvgIpc) is 2.50. The number of ether oxygens (including phenoxy) is 1. The molecule has 112 valence electrons. The van der Waals surface area contributed by atoms with Crippen molar-refractivity contribution in [1.29, 1.82) is 0 Å². The molecule has 0 aliphatic carbocycles. The van der Waals surface area contributed by atoms with E-state index in [-0.39, 0.29) is 0 Å². The Kier molecular flexibility index (Phi) is 5.28. The molecule has 21 heavy (non-hydrogen) atoms. The molecule has 1 heterocycles. The fourth-order valence-corrected chi connectivity index (χ4v) is 2.18. The van der Waals surface area contributed by atoms with Gasteiger partial charge in [-0.25, -0.2) is 4.98 Å². The van der Waals surface area contributed by atoms with Crippen LogP contribution in [-0.4, -0.2) is 17.0 Å². The Morgan fingerprint density at radius 3 is 2.71 bits per heavy atom. The first kappa shape index (κ1) is 15.4. The fourth-order valence-electron chi connectivity index (χ4n) is 2.18. The largest absolute Gasteiger partial charge is 0.424 e. The van der Waals surface area contributed by atoms with Crippen molar-refractivity contribution in [3.8, 4) is 11.8 Å². The van der Waals surface area contributed by atoms with Crippen LogP contribution in [0.5, 0.6) is 11.8 Å². The van der Waals surface area contributed by atoms with Crippen molar-refractivity contribution < 1.29 is 4.74 Å². The lowest BCUT2D eigenvalue weighted by Gasteiger charge is -2.15. The quantitative estimate of drug-likeness (QED) is 0.876. The Bertz CT molecular complexity index is 598. The molecule has 0 saturated heterocycles. The van der Waals surface area contributed by atoms with Gasteiger partial charge in [-0.2, -0.15) is 4.98 Å². The molecule has 4 heteroatoms. The number of para-hydroxylation sites is 1. The number of hydrogen-bond acceptors (Lipinski definition) is 4. The first-order valence-electron chi connectivity index (χ1n) is 7.39. The molecule has 1 aromatic heterocycles. The van der Waals surface area contributed by atoms with Crippen molar-refractivity contribution in [3.05, 3.63) is 47.3 Å². The van der Waals surface area contributed by atoms with Crippen LogP contribution < -0.4 is 10.1 Å². The highest BCUT2D eigenvalue weighted by molar-refractivity contribution is 5.37. The predicted molar refractivity (Wildman–Crippen MR) is 84.8 cm³/mol. The molecule has 0 bridgehead atoms. The van der Waals surface area contributed by atoms with Crippen LogP contribution in [0.3, 0.4) is 0 Å². The second-order valence-electron chi connectivity index (χ2n) is 5.24. The van der Waals surface area contributed by atoms with Crippen molar-refractivity contribution in [3.63, 3.8) is 0 Å². The lowest BCUT2D eigenvalue weighted by Crippen LogP contribution is -2.08. The third-order valence-corrected chi connectivity index (χ3v) is 3.69. The van der Waals surface area contributed by atoms with E-state index in [1.54, 1.807) is 0 Å². The molecule has 4 nitrogen and oxygen atoms in total. The summed E-state index contributed by atoms with van der Waals surface area (Å²) in [7, 11) is 1.91. The van der Waals surface area contributed by atoms with E-state index in [1.165, 1.54) is 5.56 Å². The summed E-state index contributed by atoms with van der Waals surface area (Å²) in [6, 6.07) is 8.50. The van der Waals surface area contributed by atoms with Crippen molar-refractivity contribution in [2.45, 2.75) is 39.7 Å². The van der Waals surface area contributed by atoms with Crippen molar-refractivity contribution in [1.82, 2.24) is 15.3 Å². The van der Waals surface area contributed by atoms with E-state index in [4.69, 9.17) is 4.74 Å². The fraction of sp³-hybridized carbons (Fsp3) is 0.412. The van der Waals surface area contributed by atoms with Crippen LogP contribution >= 0.6 is 0 Å². The molecule has 0 amide bonds. The van der Waals surface area contributed by atoms with Gasteiger partial charge in [0.1, 0.15) is 5.75 Å². The minimum atomic E-state index is 0.406. The Hall–Kier alpha value is -1.94. The molecule has 1 unspecified atom stereocenters. The number of benzene rings is 1. The number of aryl methyl sites for hydroxylation is 1. The van der Waals surface area contributed by atoms with Gasteiger partial charge in [0.2, 0.25) is 0 Å². The molecule has 0 fully saturated rings. The van der Waals surface area contributed by atoms with Gasteiger partial charge >= 0.3 is 6.01 Å². The Balaban J connectivity index is 2.24. The summed E-state index contributed by atoms with van der Waals surface area (Å²) in [6.07, 6.45) is 2.89. The summed E-state index contributed by atoms with van der Waals surface area (Å²) in [6.45, 7) is 7.11. The lowest BCUT2D eigenvalue weighted by atomic mass is 9.98. The molecule has 0 spiro atoms. The lowest BCUT2D eigenvalue weighted by molar-refractivity contribution is 0.430. The third-order valence-electron chi connectivity index (χ3n) is 3.69. The molecule has 0 saturated carbocycles. The first-order valence-corrected chi connectivity index (χ1v) is 7.39. The summed E-state index contributed by atoms with van der Waals surface area (Å²) in [5, 5.41) is 3.10. The number of rotatable bonds is 6. The highest BCUT2D eigenvalue weighted by Crippen LogP contribution is 2.30. The molecular formula is C17H23N3O. The monoisotopic (exact) mass is 285 g/mol. The summed E-state index contributed by atoms with van der Waals surface area (Å²) < 4.78 is 5.90. The van der Waals surface area contributed by atoms with E-state index in [0.29, 0.717) is 11.9 Å². The maximum absolute atomic E-state index is 5.90. The van der Waals surface area contributed by atoms with Gasteiger partial charge in [-0.05, 0) is 37.9 Å². The van der Waals surface area contributed by atoms with Gasteiger partial charge in [-0.1, -0.05) is 32.0 Å². The van der Waals surface area contributed by atoms with E-state index in [2.05, 4.69) is 35.2 Å². The third kappa shape index (κ3) is 3.79. The Morgan fingerprint density at radius 1 is 1.29 bits per heavy atom. The molecule has 1 atom stereocenters. The first-order chi connectivity index (χ1) is 10.2.